The second-order valence-corrected chi connectivity index (χ2v) is 10.1. The second kappa shape index (κ2) is 7.03. The Morgan fingerprint density at radius 2 is 2.10 bits per heavy atom. The minimum atomic E-state index is -3.61. The molecule has 30 heavy (non-hydrogen) atoms. The number of sulfonamides is 1. The van der Waals surface area contributed by atoms with Crippen molar-refractivity contribution in [2.24, 2.45) is 10.7 Å². The summed E-state index contributed by atoms with van der Waals surface area (Å²) in [7, 11) is -2.24. The molecule has 2 aromatic heterocycles. The number of nitrogens with one attached hydrogen (secondary N) is 1. The van der Waals surface area contributed by atoms with E-state index in [0.717, 1.165) is 26.7 Å². The topological polar surface area (TPSA) is 118 Å². The molecule has 3 heterocycles. The largest absolute Gasteiger partial charge is 0.369 e. The molecule has 1 aliphatic heterocycles. The number of hydrogen-bond donors (Lipinski definition) is 2. The number of nitrogens with two attached hydrogens (primary N) is 1. The van der Waals surface area contributed by atoms with Gasteiger partial charge in [-0.2, -0.15) is 0 Å². The third-order valence-electron chi connectivity index (χ3n) is 4.94. The van der Waals surface area contributed by atoms with Crippen LogP contribution in [0, 0.1) is 5.82 Å². The summed E-state index contributed by atoms with van der Waals surface area (Å²) in [5, 5.41) is 5.35. The molecular weight excluding hydrogens is 429 g/mol. The number of carbonyl (C=O) groups excluding carboxylic acids is 1. The van der Waals surface area contributed by atoms with Gasteiger partial charge in [0, 0.05) is 22.8 Å². The molecule has 0 bridgehead atoms. The van der Waals surface area contributed by atoms with Crippen molar-refractivity contribution in [2.75, 3.05) is 18.1 Å². The molecule has 1 aromatic carbocycles. The van der Waals surface area contributed by atoms with Crippen LogP contribution in [0.5, 0.6) is 0 Å². The van der Waals surface area contributed by atoms with E-state index in [0.29, 0.717) is 11.3 Å². The number of pyridine rings is 1. The second-order valence-electron chi connectivity index (χ2n) is 7.14. The van der Waals surface area contributed by atoms with Crippen LogP contribution in [0.15, 0.2) is 46.9 Å². The van der Waals surface area contributed by atoms with E-state index in [1.54, 1.807) is 19.1 Å². The van der Waals surface area contributed by atoms with Gasteiger partial charge in [0.05, 0.1) is 11.9 Å². The van der Waals surface area contributed by atoms with Crippen LogP contribution >= 0.6 is 11.3 Å². The van der Waals surface area contributed by atoms with Crippen LogP contribution in [0.1, 0.15) is 23.0 Å². The molecule has 156 valence electrons. The van der Waals surface area contributed by atoms with E-state index in [-0.39, 0.29) is 17.4 Å². The van der Waals surface area contributed by atoms with E-state index < -0.39 is 27.3 Å². The first kappa shape index (κ1) is 20.2. The fraction of sp³-hybridized carbons (Fsp3) is 0.211. The minimum absolute atomic E-state index is 0.0741. The summed E-state index contributed by atoms with van der Waals surface area (Å²) in [5.74, 6) is -1.31. The smallest absolute Gasteiger partial charge is 0.274 e. The lowest BCUT2D eigenvalue weighted by Crippen LogP contribution is -2.50. The molecule has 3 N–H and O–H groups in total. The molecule has 4 rings (SSSR count). The van der Waals surface area contributed by atoms with Crippen LogP contribution in [-0.4, -0.2) is 42.4 Å². The summed E-state index contributed by atoms with van der Waals surface area (Å²) in [6.45, 7) is 1.72. The molecule has 0 saturated carbocycles. The maximum absolute atomic E-state index is 13.0. The average Bonchev–Trinajstić information content (AvgIpc) is 3.10. The molecule has 0 spiro atoms. The van der Waals surface area contributed by atoms with Crippen molar-refractivity contribution in [2.45, 2.75) is 12.5 Å². The van der Waals surface area contributed by atoms with Gasteiger partial charge in [0.1, 0.15) is 17.1 Å². The highest BCUT2D eigenvalue weighted by molar-refractivity contribution is 7.89. The first-order valence-electron chi connectivity index (χ1n) is 8.86. The van der Waals surface area contributed by atoms with Crippen molar-refractivity contribution in [1.29, 1.82) is 0 Å². The highest BCUT2D eigenvalue weighted by Crippen LogP contribution is 2.40. The summed E-state index contributed by atoms with van der Waals surface area (Å²) in [5.41, 5.74) is 6.08. The van der Waals surface area contributed by atoms with E-state index in [1.807, 2.05) is 11.4 Å². The van der Waals surface area contributed by atoms with Crippen LogP contribution in [-0.2, 0) is 15.6 Å². The first-order valence-corrected chi connectivity index (χ1v) is 11.3. The summed E-state index contributed by atoms with van der Waals surface area (Å²) in [4.78, 5) is 20.6. The number of rotatable bonds is 3. The van der Waals surface area contributed by atoms with Crippen molar-refractivity contribution in [3.05, 3.63) is 59.0 Å². The van der Waals surface area contributed by atoms with Crippen LogP contribution in [0.4, 0.5) is 10.1 Å². The number of aromatic nitrogens is 1. The lowest BCUT2D eigenvalue weighted by atomic mass is 9.94. The standard InChI is InChI=1S/C19H18FN5O3S2/c1-19(10-30(27,28)25(2)18(21)24-19)14-9-29-16-6-4-12(7-13(14)16)23-17(26)15-5-3-11(20)8-22-15/h3-9H,10H2,1-2H3,(H2,21,24)(H,23,26). The molecule has 0 radical (unpaired) electrons. The molecule has 0 saturated heterocycles. The summed E-state index contributed by atoms with van der Waals surface area (Å²) < 4.78 is 39.9. The summed E-state index contributed by atoms with van der Waals surface area (Å²) >= 11 is 1.45. The quantitative estimate of drug-likeness (QED) is 0.640. The number of hydrogen-bond acceptors (Lipinski definition) is 7. The van der Waals surface area contributed by atoms with Gasteiger partial charge in [0.2, 0.25) is 16.0 Å². The molecule has 1 amide bonds. The lowest BCUT2D eigenvalue weighted by molar-refractivity contribution is 0.102. The van der Waals surface area contributed by atoms with Gasteiger partial charge in [-0.3, -0.25) is 4.79 Å². The number of amides is 1. The maximum Gasteiger partial charge on any atom is 0.274 e. The molecule has 1 unspecified atom stereocenters. The van der Waals surface area contributed by atoms with Gasteiger partial charge in [0.25, 0.3) is 5.91 Å². The number of aliphatic imine (C=N–C) groups is 1. The van der Waals surface area contributed by atoms with E-state index in [4.69, 9.17) is 5.73 Å². The van der Waals surface area contributed by atoms with Gasteiger partial charge in [-0.05, 0) is 48.2 Å². The molecule has 1 atom stereocenters. The highest BCUT2D eigenvalue weighted by Gasteiger charge is 2.41. The Hall–Kier alpha value is -3.05. The zero-order chi connectivity index (χ0) is 21.7. The number of fused-ring (bicyclic) bond motifs is 1. The van der Waals surface area contributed by atoms with Crippen LogP contribution in [0.25, 0.3) is 10.1 Å². The van der Waals surface area contributed by atoms with Crippen LogP contribution in [0.2, 0.25) is 0 Å². The zero-order valence-electron chi connectivity index (χ0n) is 16.1. The summed E-state index contributed by atoms with van der Waals surface area (Å²) in [6, 6.07) is 7.77. The molecular formula is C19H18FN5O3S2. The van der Waals surface area contributed by atoms with Gasteiger partial charge in [-0.25, -0.2) is 27.1 Å². The van der Waals surface area contributed by atoms with Crippen molar-refractivity contribution in [1.82, 2.24) is 9.29 Å². The van der Waals surface area contributed by atoms with Crippen LogP contribution in [0.3, 0.4) is 0 Å². The molecule has 11 heteroatoms. The third-order valence-corrected chi connectivity index (χ3v) is 7.85. The predicted octanol–water partition coefficient (Wildman–Crippen LogP) is 2.49. The van der Waals surface area contributed by atoms with Gasteiger partial charge in [0.15, 0.2) is 0 Å². The molecule has 0 fully saturated rings. The molecule has 1 aliphatic rings. The molecule has 0 aliphatic carbocycles. The fourth-order valence-electron chi connectivity index (χ4n) is 3.32. The number of halogens is 1. The Bertz CT molecular complexity index is 1290. The number of nitrogens with zero attached hydrogens (tertiary/aromatic N) is 3. The number of benzene rings is 1. The Morgan fingerprint density at radius 3 is 2.77 bits per heavy atom. The third kappa shape index (κ3) is 3.50. The monoisotopic (exact) mass is 447 g/mol. The van der Waals surface area contributed by atoms with Crippen LogP contribution < -0.4 is 11.1 Å². The predicted molar refractivity (Wildman–Crippen MR) is 114 cm³/mol. The Morgan fingerprint density at radius 1 is 1.33 bits per heavy atom. The van der Waals surface area contributed by atoms with Gasteiger partial charge in [-0.1, -0.05) is 0 Å². The lowest BCUT2D eigenvalue weighted by Gasteiger charge is -2.34. The highest BCUT2D eigenvalue weighted by atomic mass is 32.2. The molecule has 8 nitrogen and oxygen atoms in total. The fourth-order valence-corrected chi connectivity index (χ4v) is 5.84. The van der Waals surface area contributed by atoms with Crippen molar-refractivity contribution >= 4 is 49.0 Å². The number of carbonyl (C=O) groups is 1. The van der Waals surface area contributed by atoms with Gasteiger partial charge < -0.3 is 11.1 Å². The van der Waals surface area contributed by atoms with Gasteiger partial charge in [-0.15, -0.1) is 11.3 Å². The average molecular weight is 448 g/mol. The van der Waals surface area contributed by atoms with Crippen molar-refractivity contribution < 1.29 is 17.6 Å². The molecule has 3 aromatic rings. The Kier molecular flexibility index (Phi) is 4.74. The Labute approximate surface area is 176 Å². The first-order chi connectivity index (χ1) is 14.1. The van der Waals surface area contributed by atoms with E-state index in [1.165, 1.54) is 24.5 Å². The van der Waals surface area contributed by atoms with E-state index in [9.17, 15) is 17.6 Å². The minimum Gasteiger partial charge on any atom is -0.369 e. The number of anilines is 1. The van der Waals surface area contributed by atoms with Gasteiger partial charge >= 0.3 is 0 Å². The number of guanidine groups is 1. The van der Waals surface area contributed by atoms with E-state index >= 15 is 0 Å². The summed E-state index contributed by atoms with van der Waals surface area (Å²) in [6.07, 6.45) is 0.971. The normalized spacial score (nSPS) is 20.8. The zero-order valence-corrected chi connectivity index (χ0v) is 17.7. The SMILES string of the molecule is CN1C(N)=NC(C)(c2csc3ccc(NC(=O)c4ccc(F)cn4)cc23)CS1(=O)=O. The van der Waals surface area contributed by atoms with E-state index in [2.05, 4.69) is 15.3 Å². The Balaban J connectivity index is 1.72. The number of thiophene rings is 1. The maximum atomic E-state index is 13.0. The van der Waals surface area contributed by atoms with Crippen molar-refractivity contribution in [3.8, 4) is 0 Å². The van der Waals surface area contributed by atoms with Crippen molar-refractivity contribution in [3.63, 3.8) is 0 Å².